The number of halogens is 1. The minimum Gasteiger partial charge on any atom is -0.466 e. The lowest BCUT2D eigenvalue weighted by Crippen LogP contribution is -2.31. The summed E-state index contributed by atoms with van der Waals surface area (Å²) in [5.74, 6) is 1.28. The minimum absolute atomic E-state index is 0.0769. The summed E-state index contributed by atoms with van der Waals surface area (Å²) in [5.41, 5.74) is 10.6. The predicted octanol–water partition coefficient (Wildman–Crippen LogP) is 4.48. The van der Waals surface area contributed by atoms with E-state index in [1.54, 1.807) is 0 Å². The van der Waals surface area contributed by atoms with E-state index < -0.39 is 0 Å². The van der Waals surface area contributed by atoms with Crippen LogP contribution in [-0.2, 0) is 16.0 Å². The van der Waals surface area contributed by atoms with E-state index >= 15 is 0 Å². The highest BCUT2D eigenvalue weighted by Crippen LogP contribution is 2.49. The molecule has 0 amide bonds. The molecule has 0 radical (unpaired) electrons. The second kappa shape index (κ2) is 6.49. The van der Waals surface area contributed by atoms with Gasteiger partial charge in [-0.2, -0.15) is 0 Å². The molecule has 1 fully saturated rings. The molecule has 2 aliphatic rings. The van der Waals surface area contributed by atoms with Crippen LogP contribution < -0.4 is 5.73 Å². The van der Waals surface area contributed by atoms with Crippen molar-refractivity contribution in [2.45, 2.75) is 44.9 Å². The minimum atomic E-state index is -0.0769. The second-order valence-corrected chi connectivity index (χ2v) is 7.83. The first kappa shape index (κ1) is 16.6. The first-order valence-electron chi connectivity index (χ1n) is 9.08. The SMILES string of the molecule is CCOC(=O)CC1CC2Cc3nc4cc(Cl)ccc4c(N)c3C(C1)C2. The van der Waals surface area contributed by atoms with Gasteiger partial charge in [-0.1, -0.05) is 11.6 Å². The molecule has 1 heterocycles. The molecule has 1 aromatic carbocycles. The normalized spacial score (nSPS) is 24.8. The van der Waals surface area contributed by atoms with E-state index in [2.05, 4.69) is 0 Å². The number of pyridine rings is 1. The summed E-state index contributed by atoms with van der Waals surface area (Å²) < 4.78 is 5.14. The van der Waals surface area contributed by atoms with Gasteiger partial charge in [-0.15, -0.1) is 0 Å². The van der Waals surface area contributed by atoms with E-state index in [1.165, 1.54) is 5.56 Å². The number of fused-ring (bicyclic) bond motifs is 5. The van der Waals surface area contributed by atoms with Crippen molar-refractivity contribution in [1.29, 1.82) is 0 Å². The molecule has 2 bridgehead atoms. The molecule has 4 rings (SSSR count). The molecule has 0 aliphatic heterocycles. The Morgan fingerprint density at radius 2 is 2.20 bits per heavy atom. The van der Waals surface area contributed by atoms with Gasteiger partial charge in [0.1, 0.15) is 0 Å². The van der Waals surface area contributed by atoms with Crippen molar-refractivity contribution in [3.05, 3.63) is 34.5 Å². The maximum Gasteiger partial charge on any atom is 0.306 e. The number of hydrogen-bond donors (Lipinski definition) is 1. The number of nitrogen functional groups attached to an aromatic ring is 1. The predicted molar refractivity (Wildman–Crippen MR) is 99.7 cm³/mol. The Morgan fingerprint density at radius 1 is 1.36 bits per heavy atom. The molecule has 5 heteroatoms. The van der Waals surface area contributed by atoms with Crippen LogP contribution in [0.2, 0.25) is 5.02 Å². The number of nitrogens with two attached hydrogens (primary N) is 1. The third kappa shape index (κ3) is 3.08. The van der Waals surface area contributed by atoms with Crippen LogP contribution in [0.4, 0.5) is 5.69 Å². The van der Waals surface area contributed by atoms with Gasteiger partial charge in [0.25, 0.3) is 0 Å². The quantitative estimate of drug-likeness (QED) is 0.821. The number of benzene rings is 1. The van der Waals surface area contributed by atoms with Crippen molar-refractivity contribution in [3.63, 3.8) is 0 Å². The number of rotatable bonds is 3. The molecule has 132 valence electrons. The van der Waals surface area contributed by atoms with Crippen molar-refractivity contribution in [1.82, 2.24) is 4.98 Å². The maximum atomic E-state index is 11.9. The van der Waals surface area contributed by atoms with Crippen LogP contribution >= 0.6 is 11.6 Å². The van der Waals surface area contributed by atoms with Gasteiger partial charge in [0, 0.05) is 33.8 Å². The van der Waals surface area contributed by atoms with E-state index in [0.29, 0.717) is 35.8 Å². The van der Waals surface area contributed by atoms with Gasteiger partial charge in [0.15, 0.2) is 0 Å². The summed E-state index contributed by atoms with van der Waals surface area (Å²) >= 11 is 6.12. The maximum absolute atomic E-state index is 11.9. The Labute approximate surface area is 152 Å². The summed E-state index contributed by atoms with van der Waals surface area (Å²) in [5, 5.41) is 1.67. The smallest absolute Gasteiger partial charge is 0.306 e. The Bertz CT molecular complexity index is 836. The average Bonchev–Trinajstić information content (AvgIpc) is 2.54. The van der Waals surface area contributed by atoms with Gasteiger partial charge >= 0.3 is 5.97 Å². The standard InChI is InChI=1S/C20H23ClN2O2/c1-2-25-18(24)9-12-5-11-6-13(7-12)19-17(8-11)23-16-10-14(21)3-4-15(16)20(19)22/h3-4,10-13H,2,5-9H2,1H3,(H2,22,23). The fraction of sp³-hybridized carbons (Fsp3) is 0.500. The topological polar surface area (TPSA) is 65.2 Å². The fourth-order valence-electron chi connectivity index (χ4n) is 4.81. The number of carbonyl (C=O) groups is 1. The molecular weight excluding hydrogens is 336 g/mol. The lowest BCUT2D eigenvalue weighted by Gasteiger charge is -2.40. The van der Waals surface area contributed by atoms with E-state index in [-0.39, 0.29) is 5.97 Å². The van der Waals surface area contributed by atoms with Crippen molar-refractivity contribution in [3.8, 4) is 0 Å². The number of ether oxygens (including phenoxy) is 1. The Balaban J connectivity index is 1.67. The molecule has 1 saturated carbocycles. The van der Waals surface area contributed by atoms with E-state index in [9.17, 15) is 4.79 Å². The number of aromatic nitrogens is 1. The van der Waals surface area contributed by atoms with Crippen molar-refractivity contribution in [2.24, 2.45) is 11.8 Å². The zero-order valence-corrected chi connectivity index (χ0v) is 15.2. The van der Waals surface area contributed by atoms with Crippen LogP contribution in [0.15, 0.2) is 18.2 Å². The lowest BCUT2D eigenvalue weighted by molar-refractivity contribution is -0.144. The second-order valence-electron chi connectivity index (χ2n) is 7.40. The molecule has 0 saturated heterocycles. The van der Waals surface area contributed by atoms with E-state index in [0.717, 1.165) is 48.0 Å². The molecular formula is C20H23ClN2O2. The number of nitrogens with zero attached hydrogens (tertiary/aromatic N) is 1. The van der Waals surface area contributed by atoms with E-state index in [1.807, 2.05) is 25.1 Å². The Kier molecular flexibility index (Phi) is 4.32. The molecule has 2 aliphatic carbocycles. The zero-order chi connectivity index (χ0) is 17.6. The van der Waals surface area contributed by atoms with Crippen LogP contribution in [-0.4, -0.2) is 17.6 Å². The van der Waals surface area contributed by atoms with Gasteiger partial charge in [-0.3, -0.25) is 9.78 Å². The summed E-state index contributed by atoms with van der Waals surface area (Å²) in [4.78, 5) is 16.8. The van der Waals surface area contributed by atoms with Crippen LogP contribution in [0, 0.1) is 11.8 Å². The van der Waals surface area contributed by atoms with Crippen LogP contribution in [0.3, 0.4) is 0 Å². The third-order valence-electron chi connectivity index (χ3n) is 5.66. The van der Waals surface area contributed by atoms with Crippen LogP contribution in [0.25, 0.3) is 10.9 Å². The summed E-state index contributed by atoms with van der Waals surface area (Å²) in [6, 6.07) is 5.72. The monoisotopic (exact) mass is 358 g/mol. The summed E-state index contributed by atoms with van der Waals surface area (Å²) in [6.07, 6.45) is 4.68. The lowest BCUT2D eigenvalue weighted by atomic mass is 9.65. The molecule has 1 aromatic heterocycles. The first-order chi connectivity index (χ1) is 12.0. The third-order valence-corrected chi connectivity index (χ3v) is 5.89. The fourth-order valence-corrected chi connectivity index (χ4v) is 4.97. The van der Waals surface area contributed by atoms with Gasteiger partial charge in [-0.25, -0.2) is 0 Å². The molecule has 4 nitrogen and oxygen atoms in total. The van der Waals surface area contributed by atoms with Gasteiger partial charge in [0.2, 0.25) is 0 Å². The first-order valence-corrected chi connectivity index (χ1v) is 9.46. The molecule has 0 spiro atoms. The number of hydrogen-bond acceptors (Lipinski definition) is 4. The Hall–Kier alpha value is -1.81. The molecule has 2 N–H and O–H groups in total. The average molecular weight is 359 g/mol. The Morgan fingerprint density at radius 3 is 3.00 bits per heavy atom. The van der Waals surface area contributed by atoms with Gasteiger partial charge in [0.05, 0.1) is 12.1 Å². The zero-order valence-electron chi connectivity index (χ0n) is 14.4. The van der Waals surface area contributed by atoms with Gasteiger partial charge < -0.3 is 10.5 Å². The van der Waals surface area contributed by atoms with Gasteiger partial charge in [-0.05, 0) is 68.6 Å². The summed E-state index contributed by atoms with van der Waals surface area (Å²) in [7, 11) is 0. The number of esters is 1. The highest BCUT2D eigenvalue weighted by molar-refractivity contribution is 6.31. The van der Waals surface area contributed by atoms with Crippen molar-refractivity contribution < 1.29 is 9.53 Å². The number of anilines is 1. The van der Waals surface area contributed by atoms with Crippen LogP contribution in [0.1, 0.15) is 49.8 Å². The highest BCUT2D eigenvalue weighted by atomic mass is 35.5. The van der Waals surface area contributed by atoms with E-state index in [4.69, 9.17) is 27.1 Å². The molecule has 3 unspecified atom stereocenters. The van der Waals surface area contributed by atoms with Crippen LogP contribution in [0.5, 0.6) is 0 Å². The number of carbonyl (C=O) groups excluding carboxylic acids is 1. The largest absolute Gasteiger partial charge is 0.466 e. The molecule has 3 atom stereocenters. The summed E-state index contributed by atoms with van der Waals surface area (Å²) in [6.45, 7) is 2.31. The molecule has 2 aromatic rings. The molecule has 25 heavy (non-hydrogen) atoms. The highest BCUT2D eigenvalue weighted by Gasteiger charge is 2.38. The van der Waals surface area contributed by atoms with Crippen molar-refractivity contribution in [2.75, 3.05) is 12.3 Å². The van der Waals surface area contributed by atoms with Crippen molar-refractivity contribution >= 4 is 34.2 Å².